The van der Waals surface area contributed by atoms with Gasteiger partial charge in [-0.15, -0.1) is 10.2 Å². The number of nitrogens with one attached hydrogen (secondary N) is 1. The molecule has 0 atom stereocenters. The number of hydrogen-bond donors (Lipinski definition) is 1. The lowest BCUT2D eigenvalue weighted by Gasteiger charge is -2.07. The normalized spacial score (nSPS) is 11.3. The van der Waals surface area contributed by atoms with Crippen LogP contribution in [-0.4, -0.2) is 19.3 Å². The van der Waals surface area contributed by atoms with E-state index in [1.165, 1.54) is 0 Å². The number of rotatable bonds is 3. The van der Waals surface area contributed by atoms with Gasteiger partial charge in [0.15, 0.2) is 5.69 Å². The van der Waals surface area contributed by atoms with E-state index in [4.69, 9.17) is 0 Å². The highest BCUT2D eigenvalue weighted by molar-refractivity contribution is 5.44. The van der Waals surface area contributed by atoms with E-state index in [1.807, 2.05) is 44.3 Å². The molecule has 1 aromatic carbocycles. The monoisotopic (exact) mass is 282 g/mol. The van der Waals surface area contributed by atoms with Gasteiger partial charge >= 0.3 is 0 Å². The maximum Gasteiger partial charge on any atom is 0.299 e. The van der Waals surface area contributed by atoms with Crippen molar-refractivity contribution in [3.8, 4) is 5.69 Å². The Morgan fingerprint density at radius 1 is 1.19 bits per heavy atom. The molecule has 0 unspecified atom stereocenters. The summed E-state index contributed by atoms with van der Waals surface area (Å²) < 4.78 is 3.32. The molecule has 0 amide bonds. The number of imidazole rings is 1. The van der Waals surface area contributed by atoms with Gasteiger partial charge in [0.2, 0.25) is 5.95 Å². The SMILES string of the molecule is Cc1c(/N=N/c2ncc[nH]2)c(=O)n(-c2ccccc2)n1C. The minimum atomic E-state index is -0.212. The van der Waals surface area contributed by atoms with Crippen molar-refractivity contribution in [3.05, 3.63) is 58.8 Å². The zero-order valence-electron chi connectivity index (χ0n) is 11.7. The molecule has 0 saturated heterocycles. The summed E-state index contributed by atoms with van der Waals surface area (Å²) in [5.74, 6) is 0.365. The molecular weight excluding hydrogens is 268 g/mol. The van der Waals surface area contributed by atoms with Crippen LogP contribution in [0.4, 0.5) is 11.6 Å². The number of H-pyrrole nitrogens is 1. The van der Waals surface area contributed by atoms with Crippen LogP contribution < -0.4 is 5.56 Å². The lowest BCUT2D eigenvalue weighted by atomic mass is 10.3. The second-order valence-corrected chi connectivity index (χ2v) is 4.52. The van der Waals surface area contributed by atoms with Gasteiger partial charge in [-0.1, -0.05) is 18.2 Å². The van der Waals surface area contributed by atoms with E-state index in [0.717, 1.165) is 11.4 Å². The summed E-state index contributed by atoms with van der Waals surface area (Å²) in [5.41, 5.74) is 1.61. The first kappa shape index (κ1) is 13.0. The molecule has 106 valence electrons. The molecule has 3 aromatic rings. The van der Waals surface area contributed by atoms with E-state index in [0.29, 0.717) is 11.6 Å². The zero-order valence-corrected chi connectivity index (χ0v) is 11.7. The van der Waals surface area contributed by atoms with Crippen LogP contribution in [0, 0.1) is 6.92 Å². The maximum atomic E-state index is 12.5. The lowest BCUT2D eigenvalue weighted by molar-refractivity contribution is 0.630. The number of aromatic nitrogens is 4. The van der Waals surface area contributed by atoms with Crippen LogP contribution in [-0.2, 0) is 7.05 Å². The van der Waals surface area contributed by atoms with Crippen molar-refractivity contribution in [1.82, 2.24) is 19.3 Å². The van der Waals surface area contributed by atoms with Crippen molar-refractivity contribution in [3.63, 3.8) is 0 Å². The molecule has 0 aliphatic heterocycles. The van der Waals surface area contributed by atoms with Crippen LogP contribution in [0.3, 0.4) is 0 Å². The fourth-order valence-electron chi connectivity index (χ4n) is 2.08. The van der Waals surface area contributed by atoms with Gasteiger partial charge in [-0.25, -0.2) is 9.67 Å². The van der Waals surface area contributed by atoms with Crippen LogP contribution in [0.15, 0.2) is 57.7 Å². The molecule has 7 nitrogen and oxygen atoms in total. The number of aromatic amines is 1. The smallest absolute Gasteiger partial charge is 0.299 e. The number of para-hydroxylation sites is 1. The van der Waals surface area contributed by atoms with E-state index in [2.05, 4.69) is 20.2 Å². The number of nitrogens with zero attached hydrogens (tertiary/aromatic N) is 5. The highest BCUT2D eigenvalue weighted by Gasteiger charge is 2.15. The molecule has 0 aliphatic carbocycles. The Morgan fingerprint density at radius 3 is 2.62 bits per heavy atom. The van der Waals surface area contributed by atoms with Gasteiger partial charge in [-0.3, -0.25) is 9.48 Å². The Labute approximate surface area is 120 Å². The Bertz CT molecular complexity index is 826. The van der Waals surface area contributed by atoms with E-state index in [9.17, 15) is 4.79 Å². The summed E-state index contributed by atoms with van der Waals surface area (Å²) >= 11 is 0. The first-order valence-electron chi connectivity index (χ1n) is 6.43. The fourth-order valence-corrected chi connectivity index (χ4v) is 2.08. The predicted molar refractivity (Wildman–Crippen MR) is 78.5 cm³/mol. The van der Waals surface area contributed by atoms with E-state index in [-0.39, 0.29) is 5.56 Å². The summed E-state index contributed by atoms with van der Waals surface area (Å²) in [5, 5.41) is 7.97. The van der Waals surface area contributed by atoms with Crippen molar-refractivity contribution in [2.75, 3.05) is 0 Å². The zero-order chi connectivity index (χ0) is 14.8. The fraction of sp³-hybridized carbons (Fsp3) is 0.143. The third-order valence-electron chi connectivity index (χ3n) is 3.25. The minimum Gasteiger partial charge on any atom is -0.328 e. The van der Waals surface area contributed by atoms with Gasteiger partial charge < -0.3 is 4.98 Å². The molecular formula is C14H14N6O. The minimum absolute atomic E-state index is 0.212. The number of benzene rings is 1. The summed E-state index contributed by atoms with van der Waals surface area (Å²) in [6, 6.07) is 9.41. The largest absolute Gasteiger partial charge is 0.328 e. The molecule has 1 N–H and O–H groups in total. The topological polar surface area (TPSA) is 80.3 Å². The van der Waals surface area contributed by atoms with Gasteiger partial charge in [0.25, 0.3) is 5.56 Å². The summed E-state index contributed by atoms with van der Waals surface area (Å²) in [6.45, 7) is 1.83. The molecule has 0 aliphatic rings. The summed E-state index contributed by atoms with van der Waals surface area (Å²) in [4.78, 5) is 19.3. The van der Waals surface area contributed by atoms with Crippen LogP contribution >= 0.6 is 0 Å². The van der Waals surface area contributed by atoms with Crippen molar-refractivity contribution < 1.29 is 0 Å². The molecule has 0 bridgehead atoms. The lowest BCUT2D eigenvalue weighted by Crippen LogP contribution is -2.19. The second kappa shape index (κ2) is 5.20. The van der Waals surface area contributed by atoms with E-state index in [1.54, 1.807) is 21.8 Å². The van der Waals surface area contributed by atoms with Crippen LogP contribution in [0.25, 0.3) is 5.69 Å². The average molecular weight is 282 g/mol. The van der Waals surface area contributed by atoms with Crippen molar-refractivity contribution in [2.45, 2.75) is 6.92 Å². The van der Waals surface area contributed by atoms with Crippen molar-refractivity contribution >= 4 is 11.6 Å². The molecule has 3 rings (SSSR count). The van der Waals surface area contributed by atoms with Crippen LogP contribution in [0.1, 0.15) is 5.69 Å². The second-order valence-electron chi connectivity index (χ2n) is 4.52. The highest BCUT2D eigenvalue weighted by atomic mass is 16.1. The molecule has 2 heterocycles. The standard InChI is InChI=1S/C14H14N6O/c1-10-12(17-18-14-15-8-9-16-14)13(21)20(19(10)2)11-6-4-3-5-7-11/h3-9H,1-2H3,(H,15,16)/b18-17+. The van der Waals surface area contributed by atoms with Crippen molar-refractivity contribution in [2.24, 2.45) is 17.3 Å². The predicted octanol–water partition coefficient (Wildman–Crippen LogP) is 2.62. The summed E-state index contributed by atoms with van der Waals surface area (Å²) in [7, 11) is 1.82. The molecule has 21 heavy (non-hydrogen) atoms. The van der Waals surface area contributed by atoms with E-state index >= 15 is 0 Å². The Morgan fingerprint density at radius 2 is 1.95 bits per heavy atom. The summed E-state index contributed by atoms with van der Waals surface area (Å²) in [6.07, 6.45) is 3.23. The first-order valence-corrected chi connectivity index (χ1v) is 6.43. The van der Waals surface area contributed by atoms with Gasteiger partial charge in [0, 0.05) is 19.4 Å². The average Bonchev–Trinajstić information content (AvgIpc) is 3.08. The molecule has 2 aromatic heterocycles. The Kier molecular flexibility index (Phi) is 3.23. The first-order chi connectivity index (χ1) is 10.2. The van der Waals surface area contributed by atoms with Gasteiger partial charge in [-0.2, -0.15) is 0 Å². The number of hydrogen-bond acceptors (Lipinski definition) is 4. The van der Waals surface area contributed by atoms with Gasteiger partial charge in [0.1, 0.15) is 0 Å². The Hall–Kier alpha value is -2.96. The maximum absolute atomic E-state index is 12.5. The molecule has 7 heteroatoms. The third-order valence-corrected chi connectivity index (χ3v) is 3.25. The highest BCUT2D eigenvalue weighted by Crippen LogP contribution is 2.18. The molecule has 0 fully saturated rings. The van der Waals surface area contributed by atoms with Gasteiger partial charge in [0.05, 0.1) is 11.4 Å². The molecule has 0 radical (unpaired) electrons. The van der Waals surface area contributed by atoms with Crippen molar-refractivity contribution in [1.29, 1.82) is 0 Å². The quantitative estimate of drug-likeness (QED) is 0.749. The van der Waals surface area contributed by atoms with Crippen LogP contribution in [0.5, 0.6) is 0 Å². The molecule has 0 spiro atoms. The van der Waals surface area contributed by atoms with E-state index < -0.39 is 0 Å². The molecule has 0 saturated carbocycles. The van der Waals surface area contributed by atoms with Crippen LogP contribution in [0.2, 0.25) is 0 Å². The van der Waals surface area contributed by atoms with Gasteiger partial charge in [-0.05, 0) is 19.1 Å². The Balaban J connectivity index is 2.10. The third kappa shape index (κ3) is 2.29. The number of azo groups is 1.